The zero-order valence-electron chi connectivity index (χ0n) is 10.9. The minimum absolute atomic E-state index is 0.0469. The molecule has 2 unspecified atom stereocenters. The molecule has 20 heavy (non-hydrogen) atoms. The summed E-state index contributed by atoms with van der Waals surface area (Å²) < 4.78 is 5.75. The Kier molecular flexibility index (Phi) is 4.12. The lowest BCUT2D eigenvalue weighted by molar-refractivity contribution is -0.384. The highest BCUT2D eigenvalue weighted by atomic mass is 35.5. The zero-order chi connectivity index (χ0) is 14.8. The van der Waals surface area contributed by atoms with Gasteiger partial charge in [0.25, 0.3) is 5.69 Å². The fourth-order valence-corrected chi connectivity index (χ4v) is 2.63. The van der Waals surface area contributed by atoms with Crippen LogP contribution < -0.4 is 10.1 Å². The molecule has 0 bridgehead atoms. The van der Waals surface area contributed by atoms with Gasteiger partial charge in [-0.05, 0) is 26.0 Å². The number of halogens is 1. The normalized spacial score (nSPS) is 25.1. The van der Waals surface area contributed by atoms with Crippen LogP contribution >= 0.6 is 11.6 Å². The molecule has 0 aromatic heterocycles. The van der Waals surface area contributed by atoms with Crippen LogP contribution in [0.25, 0.3) is 0 Å². The van der Waals surface area contributed by atoms with E-state index in [0.717, 1.165) is 6.42 Å². The Morgan fingerprint density at radius 2 is 2.40 bits per heavy atom. The quantitative estimate of drug-likeness (QED) is 0.681. The molecule has 0 spiro atoms. The summed E-state index contributed by atoms with van der Waals surface area (Å²) >= 11 is 5.83. The maximum absolute atomic E-state index is 10.7. The molecule has 6 nitrogen and oxygen atoms in total. The fourth-order valence-electron chi connectivity index (χ4n) is 2.39. The van der Waals surface area contributed by atoms with Crippen molar-refractivity contribution in [3.8, 4) is 11.8 Å². The molecule has 2 rings (SSSR count). The van der Waals surface area contributed by atoms with Crippen LogP contribution in [0.3, 0.4) is 0 Å². The number of hydrogen-bond acceptors (Lipinski definition) is 5. The van der Waals surface area contributed by atoms with Gasteiger partial charge in [-0.25, -0.2) is 0 Å². The highest BCUT2D eigenvalue weighted by Gasteiger charge is 2.39. The molecule has 1 saturated carbocycles. The first kappa shape index (κ1) is 14.6. The SMILES string of the molecule is CNC1(C#N)CCC(Oc2ccc([N+](=O)[O-])c(Cl)c2)C1. The number of nitriles is 1. The first-order valence-electron chi connectivity index (χ1n) is 6.20. The lowest BCUT2D eigenvalue weighted by Crippen LogP contribution is -2.39. The lowest BCUT2D eigenvalue weighted by atomic mass is 10.0. The smallest absolute Gasteiger partial charge is 0.288 e. The van der Waals surface area contributed by atoms with Crippen molar-refractivity contribution in [3.63, 3.8) is 0 Å². The topological polar surface area (TPSA) is 88.2 Å². The molecule has 106 valence electrons. The van der Waals surface area contributed by atoms with Gasteiger partial charge >= 0.3 is 0 Å². The van der Waals surface area contributed by atoms with E-state index >= 15 is 0 Å². The number of nitrogens with zero attached hydrogens (tertiary/aromatic N) is 2. The van der Waals surface area contributed by atoms with Gasteiger partial charge in [-0.2, -0.15) is 5.26 Å². The van der Waals surface area contributed by atoms with Crippen molar-refractivity contribution in [1.29, 1.82) is 5.26 Å². The predicted molar refractivity (Wildman–Crippen MR) is 73.8 cm³/mol. The Bertz CT molecular complexity index is 572. The van der Waals surface area contributed by atoms with Crippen LogP contribution in [-0.2, 0) is 0 Å². The van der Waals surface area contributed by atoms with Gasteiger partial charge in [-0.15, -0.1) is 0 Å². The minimum Gasteiger partial charge on any atom is -0.490 e. The van der Waals surface area contributed by atoms with Gasteiger partial charge in [0.2, 0.25) is 0 Å². The molecule has 1 N–H and O–H groups in total. The molecule has 0 amide bonds. The number of nitrogens with one attached hydrogen (secondary N) is 1. The number of nitro benzene ring substituents is 1. The summed E-state index contributed by atoms with van der Waals surface area (Å²) in [4.78, 5) is 10.1. The number of benzene rings is 1. The van der Waals surface area contributed by atoms with E-state index in [1.54, 1.807) is 7.05 Å². The average Bonchev–Trinajstić information content (AvgIpc) is 2.82. The molecule has 0 radical (unpaired) electrons. The number of nitro groups is 1. The first-order valence-corrected chi connectivity index (χ1v) is 6.58. The Balaban J connectivity index is 2.07. The third kappa shape index (κ3) is 2.84. The molecule has 0 heterocycles. The van der Waals surface area contributed by atoms with Crippen LogP contribution in [0.1, 0.15) is 19.3 Å². The highest BCUT2D eigenvalue weighted by Crippen LogP contribution is 2.34. The summed E-state index contributed by atoms with van der Waals surface area (Å²) in [5.74, 6) is 0.482. The second-order valence-electron chi connectivity index (χ2n) is 4.80. The third-order valence-corrected chi connectivity index (χ3v) is 3.88. The zero-order valence-corrected chi connectivity index (χ0v) is 11.7. The lowest BCUT2D eigenvalue weighted by Gasteiger charge is -2.20. The van der Waals surface area contributed by atoms with Crippen LogP contribution in [0.4, 0.5) is 5.69 Å². The van der Waals surface area contributed by atoms with E-state index in [1.807, 2.05) is 0 Å². The first-order chi connectivity index (χ1) is 9.49. The predicted octanol–water partition coefficient (Wildman–Crippen LogP) is 2.66. The van der Waals surface area contributed by atoms with Crippen LogP contribution in [0, 0.1) is 21.4 Å². The number of hydrogen-bond donors (Lipinski definition) is 1. The van der Waals surface area contributed by atoms with Gasteiger partial charge in [-0.1, -0.05) is 11.6 Å². The molecule has 1 aliphatic rings. The number of rotatable bonds is 4. The minimum atomic E-state index is -0.546. The van der Waals surface area contributed by atoms with E-state index in [0.29, 0.717) is 18.6 Å². The summed E-state index contributed by atoms with van der Waals surface area (Å²) in [6.07, 6.45) is 1.95. The monoisotopic (exact) mass is 295 g/mol. The van der Waals surface area contributed by atoms with Gasteiger partial charge in [0.1, 0.15) is 22.4 Å². The summed E-state index contributed by atoms with van der Waals surface area (Å²) in [5, 5.41) is 22.9. The Labute approximate surface area is 121 Å². The van der Waals surface area contributed by atoms with E-state index in [1.165, 1.54) is 18.2 Å². The second kappa shape index (κ2) is 5.65. The standard InChI is InChI=1S/C13H14ClN3O3/c1-16-13(8-15)5-4-10(7-13)20-9-2-3-12(17(18)19)11(14)6-9/h2-3,6,10,16H,4-5,7H2,1H3. The molecule has 1 aliphatic carbocycles. The van der Waals surface area contributed by atoms with Crippen LogP contribution in [0.15, 0.2) is 18.2 Å². The Morgan fingerprint density at radius 1 is 1.65 bits per heavy atom. The van der Waals surface area contributed by atoms with Crippen molar-refractivity contribution in [2.45, 2.75) is 30.9 Å². The van der Waals surface area contributed by atoms with Gasteiger partial charge in [-0.3, -0.25) is 10.1 Å². The average molecular weight is 296 g/mol. The van der Waals surface area contributed by atoms with Crippen LogP contribution in [0.5, 0.6) is 5.75 Å². The summed E-state index contributed by atoms with van der Waals surface area (Å²) in [5.41, 5.74) is -0.693. The molecular weight excluding hydrogens is 282 g/mol. The molecular formula is C13H14ClN3O3. The molecule has 1 aromatic carbocycles. The van der Waals surface area contributed by atoms with E-state index < -0.39 is 10.5 Å². The van der Waals surface area contributed by atoms with Gasteiger partial charge in [0.15, 0.2) is 0 Å². The van der Waals surface area contributed by atoms with Crippen molar-refractivity contribution in [1.82, 2.24) is 5.32 Å². The molecule has 2 atom stereocenters. The summed E-state index contributed by atoms with van der Waals surface area (Å²) in [6, 6.07) is 6.55. The van der Waals surface area contributed by atoms with Crippen molar-refractivity contribution < 1.29 is 9.66 Å². The molecule has 0 saturated heterocycles. The second-order valence-corrected chi connectivity index (χ2v) is 5.20. The molecule has 0 aliphatic heterocycles. The Morgan fingerprint density at radius 3 is 2.90 bits per heavy atom. The van der Waals surface area contributed by atoms with Crippen molar-refractivity contribution in [2.24, 2.45) is 0 Å². The van der Waals surface area contributed by atoms with E-state index in [4.69, 9.17) is 16.3 Å². The third-order valence-electron chi connectivity index (χ3n) is 3.58. The summed E-state index contributed by atoms with van der Waals surface area (Å²) in [7, 11) is 1.76. The van der Waals surface area contributed by atoms with E-state index in [9.17, 15) is 15.4 Å². The molecule has 1 aromatic rings. The van der Waals surface area contributed by atoms with Gasteiger partial charge in [0.05, 0.1) is 11.0 Å². The number of ether oxygens (including phenoxy) is 1. The van der Waals surface area contributed by atoms with Gasteiger partial charge < -0.3 is 10.1 Å². The van der Waals surface area contributed by atoms with Crippen molar-refractivity contribution in [2.75, 3.05) is 7.05 Å². The maximum Gasteiger partial charge on any atom is 0.288 e. The van der Waals surface area contributed by atoms with Crippen LogP contribution in [-0.4, -0.2) is 23.6 Å². The van der Waals surface area contributed by atoms with Crippen molar-refractivity contribution in [3.05, 3.63) is 33.3 Å². The largest absolute Gasteiger partial charge is 0.490 e. The summed E-state index contributed by atoms with van der Waals surface area (Å²) in [6.45, 7) is 0. The van der Waals surface area contributed by atoms with Gasteiger partial charge in [0, 0.05) is 18.6 Å². The highest BCUT2D eigenvalue weighted by molar-refractivity contribution is 6.32. The van der Waals surface area contributed by atoms with Crippen molar-refractivity contribution >= 4 is 17.3 Å². The Hall–Kier alpha value is -1.84. The van der Waals surface area contributed by atoms with E-state index in [-0.39, 0.29) is 16.8 Å². The fraction of sp³-hybridized carbons (Fsp3) is 0.462. The molecule has 7 heteroatoms. The van der Waals surface area contributed by atoms with E-state index in [2.05, 4.69) is 11.4 Å². The maximum atomic E-state index is 10.7. The molecule has 1 fully saturated rings. The van der Waals surface area contributed by atoms with Crippen LogP contribution in [0.2, 0.25) is 5.02 Å².